The van der Waals surface area contributed by atoms with Crippen LogP contribution in [-0.4, -0.2) is 45.4 Å². The average Bonchev–Trinajstić information content (AvgIpc) is 3.14. The summed E-state index contributed by atoms with van der Waals surface area (Å²) < 4.78 is 2.14. The minimum atomic E-state index is -0.0145. The lowest BCUT2D eigenvalue weighted by Crippen LogP contribution is -2.25. The summed E-state index contributed by atoms with van der Waals surface area (Å²) in [4.78, 5) is 14.5. The van der Waals surface area contributed by atoms with Crippen molar-refractivity contribution >= 4 is 17.7 Å². The fourth-order valence-electron chi connectivity index (χ4n) is 3.32. The molecule has 0 saturated carbocycles. The standard InChI is InChI=1S/C23H29N5OS/c1-4-20(27(2)3)22-25-26-23(28(22)16-19-13-9-6-10-14-19)30-17-21(29)24-15-18-11-7-5-8-12-18/h5-14,20H,4,15-17H2,1-3H3,(H,24,29). The molecule has 1 amide bonds. The molecule has 0 fully saturated rings. The molecule has 158 valence electrons. The van der Waals surface area contributed by atoms with Crippen LogP contribution in [0.4, 0.5) is 0 Å². The zero-order valence-corrected chi connectivity index (χ0v) is 18.6. The molecule has 2 aromatic carbocycles. The van der Waals surface area contributed by atoms with E-state index in [4.69, 9.17) is 0 Å². The van der Waals surface area contributed by atoms with Gasteiger partial charge in [0, 0.05) is 6.54 Å². The van der Waals surface area contributed by atoms with Gasteiger partial charge in [0.05, 0.1) is 18.3 Å². The van der Waals surface area contributed by atoms with Crippen LogP contribution in [0.3, 0.4) is 0 Å². The van der Waals surface area contributed by atoms with E-state index in [2.05, 4.69) is 58.1 Å². The quantitative estimate of drug-likeness (QED) is 0.503. The number of nitrogens with one attached hydrogen (secondary N) is 1. The van der Waals surface area contributed by atoms with Crippen molar-refractivity contribution in [2.75, 3.05) is 19.8 Å². The molecular weight excluding hydrogens is 394 g/mol. The second-order valence-corrected chi connectivity index (χ2v) is 8.29. The third kappa shape index (κ3) is 5.93. The number of carbonyl (C=O) groups excluding carboxylic acids is 1. The molecule has 1 unspecified atom stereocenters. The number of nitrogens with zero attached hydrogens (tertiary/aromatic N) is 4. The first kappa shape index (κ1) is 22.1. The second kappa shape index (κ2) is 10.9. The molecule has 0 spiro atoms. The maximum Gasteiger partial charge on any atom is 0.230 e. The number of benzene rings is 2. The van der Waals surface area contributed by atoms with Crippen LogP contribution in [0.1, 0.15) is 36.3 Å². The first-order valence-corrected chi connectivity index (χ1v) is 11.1. The zero-order valence-electron chi connectivity index (χ0n) is 17.8. The Morgan fingerprint density at radius 3 is 2.27 bits per heavy atom. The van der Waals surface area contributed by atoms with Gasteiger partial charge in [-0.25, -0.2) is 0 Å². The van der Waals surface area contributed by atoms with Crippen molar-refractivity contribution in [2.24, 2.45) is 0 Å². The van der Waals surface area contributed by atoms with Crippen LogP contribution in [0, 0.1) is 0 Å². The summed E-state index contributed by atoms with van der Waals surface area (Å²) >= 11 is 1.43. The number of carbonyl (C=O) groups is 1. The predicted molar refractivity (Wildman–Crippen MR) is 121 cm³/mol. The molecule has 3 aromatic rings. The van der Waals surface area contributed by atoms with Crippen LogP contribution in [0.2, 0.25) is 0 Å². The normalized spacial score (nSPS) is 12.1. The summed E-state index contributed by atoms with van der Waals surface area (Å²) in [6.07, 6.45) is 0.933. The van der Waals surface area contributed by atoms with Crippen LogP contribution in [0.5, 0.6) is 0 Å². The first-order valence-electron chi connectivity index (χ1n) is 10.1. The number of amides is 1. The molecule has 30 heavy (non-hydrogen) atoms. The largest absolute Gasteiger partial charge is 0.351 e. The Kier molecular flexibility index (Phi) is 8.04. The molecule has 0 aliphatic heterocycles. The van der Waals surface area contributed by atoms with Crippen molar-refractivity contribution in [3.8, 4) is 0 Å². The Hall–Kier alpha value is -2.64. The van der Waals surface area contributed by atoms with E-state index in [0.717, 1.165) is 23.0 Å². The van der Waals surface area contributed by atoms with Gasteiger partial charge >= 0.3 is 0 Å². The van der Waals surface area contributed by atoms with Gasteiger partial charge in [0.25, 0.3) is 0 Å². The van der Waals surface area contributed by atoms with E-state index in [0.29, 0.717) is 18.8 Å². The first-order chi connectivity index (χ1) is 14.6. The number of aromatic nitrogens is 3. The minimum absolute atomic E-state index is 0.0145. The van der Waals surface area contributed by atoms with Gasteiger partial charge in [0.2, 0.25) is 5.91 Å². The van der Waals surface area contributed by atoms with E-state index in [1.165, 1.54) is 17.3 Å². The predicted octanol–water partition coefficient (Wildman–Crippen LogP) is 3.75. The number of hydrogen-bond donors (Lipinski definition) is 1. The van der Waals surface area contributed by atoms with E-state index < -0.39 is 0 Å². The van der Waals surface area contributed by atoms with Crippen molar-refractivity contribution in [3.63, 3.8) is 0 Å². The van der Waals surface area contributed by atoms with Crippen molar-refractivity contribution in [2.45, 2.75) is 37.6 Å². The lowest BCUT2D eigenvalue weighted by molar-refractivity contribution is -0.118. The highest BCUT2D eigenvalue weighted by Crippen LogP contribution is 2.26. The molecule has 1 atom stereocenters. The van der Waals surface area contributed by atoms with Gasteiger partial charge in [-0.3, -0.25) is 9.69 Å². The summed E-state index contributed by atoms with van der Waals surface area (Å²) in [5.74, 6) is 1.22. The maximum absolute atomic E-state index is 12.4. The molecule has 0 aliphatic carbocycles. The van der Waals surface area contributed by atoms with Crippen LogP contribution >= 0.6 is 11.8 Å². The Labute approximate surface area is 182 Å². The molecule has 0 radical (unpaired) electrons. The summed E-state index contributed by atoms with van der Waals surface area (Å²) in [6.45, 7) is 3.36. The third-order valence-corrected chi connectivity index (χ3v) is 5.87. The molecule has 1 aromatic heterocycles. The zero-order chi connectivity index (χ0) is 21.3. The van der Waals surface area contributed by atoms with E-state index >= 15 is 0 Å². The molecule has 3 rings (SSSR count). The molecule has 0 saturated heterocycles. The van der Waals surface area contributed by atoms with Crippen LogP contribution in [-0.2, 0) is 17.9 Å². The summed E-state index contributed by atoms with van der Waals surface area (Å²) in [6, 6.07) is 20.4. The SMILES string of the molecule is CCC(c1nnc(SCC(=O)NCc2ccccc2)n1Cc1ccccc1)N(C)C. The molecular formula is C23H29N5OS. The molecule has 0 bridgehead atoms. The highest BCUT2D eigenvalue weighted by atomic mass is 32.2. The Morgan fingerprint density at radius 2 is 1.67 bits per heavy atom. The summed E-state index contributed by atoms with van der Waals surface area (Å²) in [5.41, 5.74) is 2.27. The van der Waals surface area contributed by atoms with Gasteiger partial charge in [-0.15, -0.1) is 10.2 Å². The summed E-state index contributed by atoms with van der Waals surface area (Å²) in [5, 5.41) is 12.7. The highest BCUT2D eigenvalue weighted by molar-refractivity contribution is 7.99. The molecule has 7 heteroatoms. The van der Waals surface area contributed by atoms with Crippen molar-refractivity contribution in [1.29, 1.82) is 0 Å². The minimum Gasteiger partial charge on any atom is -0.351 e. The molecule has 1 heterocycles. The number of thioether (sulfide) groups is 1. The van der Waals surface area contributed by atoms with E-state index in [1.54, 1.807) is 0 Å². The fraction of sp³-hybridized carbons (Fsp3) is 0.348. The number of rotatable bonds is 10. The highest BCUT2D eigenvalue weighted by Gasteiger charge is 2.22. The third-order valence-electron chi connectivity index (χ3n) is 4.90. The van der Waals surface area contributed by atoms with Crippen LogP contribution in [0.25, 0.3) is 0 Å². The van der Waals surface area contributed by atoms with Gasteiger partial charge in [-0.05, 0) is 31.6 Å². The second-order valence-electron chi connectivity index (χ2n) is 7.35. The molecule has 1 N–H and O–H groups in total. The smallest absolute Gasteiger partial charge is 0.230 e. The monoisotopic (exact) mass is 423 g/mol. The van der Waals surface area contributed by atoms with Crippen LogP contribution < -0.4 is 5.32 Å². The Balaban J connectivity index is 1.71. The van der Waals surface area contributed by atoms with Crippen molar-refractivity contribution in [3.05, 3.63) is 77.6 Å². The van der Waals surface area contributed by atoms with E-state index in [9.17, 15) is 4.79 Å². The Morgan fingerprint density at radius 1 is 1.03 bits per heavy atom. The number of hydrogen-bond acceptors (Lipinski definition) is 5. The van der Waals surface area contributed by atoms with Gasteiger partial charge in [-0.1, -0.05) is 79.3 Å². The van der Waals surface area contributed by atoms with Crippen molar-refractivity contribution in [1.82, 2.24) is 25.0 Å². The van der Waals surface area contributed by atoms with E-state index in [1.807, 2.05) is 48.5 Å². The average molecular weight is 424 g/mol. The fourth-order valence-corrected chi connectivity index (χ4v) is 4.10. The molecule has 6 nitrogen and oxygen atoms in total. The van der Waals surface area contributed by atoms with Gasteiger partial charge < -0.3 is 9.88 Å². The van der Waals surface area contributed by atoms with Gasteiger partial charge in [0.1, 0.15) is 0 Å². The lowest BCUT2D eigenvalue weighted by atomic mass is 10.2. The van der Waals surface area contributed by atoms with Gasteiger partial charge in [-0.2, -0.15) is 0 Å². The van der Waals surface area contributed by atoms with Gasteiger partial charge in [0.15, 0.2) is 11.0 Å². The van der Waals surface area contributed by atoms with Crippen LogP contribution in [0.15, 0.2) is 65.8 Å². The maximum atomic E-state index is 12.4. The van der Waals surface area contributed by atoms with E-state index in [-0.39, 0.29) is 11.9 Å². The Bertz CT molecular complexity index is 927. The lowest BCUT2D eigenvalue weighted by Gasteiger charge is -2.23. The topological polar surface area (TPSA) is 63.1 Å². The molecule has 0 aliphatic rings. The van der Waals surface area contributed by atoms with Crippen molar-refractivity contribution < 1.29 is 4.79 Å². The summed E-state index contributed by atoms with van der Waals surface area (Å²) in [7, 11) is 4.11.